The van der Waals surface area contributed by atoms with Gasteiger partial charge in [0.1, 0.15) is 0 Å². The summed E-state index contributed by atoms with van der Waals surface area (Å²) in [5.41, 5.74) is 5.10. The van der Waals surface area contributed by atoms with Gasteiger partial charge in [0, 0.05) is 11.1 Å². The largest absolute Gasteiger partial charge is 0.380 e. The standard InChI is InChI=1S/C11H17BrN2O/c1-3-15-7-10(14-13)9-6-4-5-8(2)11(9)12/h4-6,10,14H,3,7,13H2,1-2H3. The van der Waals surface area contributed by atoms with E-state index in [-0.39, 0.29) is 6.04 Å². The Labute approximate surface area is 99.1 Å². The molecule has 15 heavy (non-hydrogen) atoms. The van der Waals surface area contributed by atoms with Crippen molar-refractivity contribution in [2.75, 3.05) is 13.2 Å². The van der Waals surface area contributed by atoms with Crippen LogP contribution in [0.4, 0.5) is 0 Å². The highest BCUT2D eigenvalue weighted by molar-refractivity contribution is 9.10. The Kier molecular flexibility index (Phi) is 5.25. The lowest BCUT2D eigenvalue weighted by molar-refractivity contribution is 0.123. The molecule has 0 aliphatic carbocycles. The fourth-order valence-corrected chi connectivity index (χ4v) is 1.94. The minimum atomic E-state index is 0.0271. The normalized spacial score (nSPS) is 12.8. The summed E-state index contributed by atoms with van der Waals surface area (Å²) in [6.07, 6.45) is 0. The first-order valence-corrected chi connectivity index (χ1v) is 5.78. The second kappa shape index (κ2) is 6.23. The van der Waals surface area contributed by atoms with Crippen molar-refractivity contribution in [3.63, 3.8) is 0 Å². The van der Waals surface area contributed by atoms with E-state index in [2.05, 4.69) is 34.3 Å². The minimum Gasteiger partial charge on any atom is -0.380 e. The SMILES string of the molecule is CCOCC(NN)c1cccc(C)c1Br. The number of hydrogen-bond donors (Lipinski definition) is 2. The van der Waals surface area contributed by atoms with E-state index in [4.69, 9.17) is 10.6 Å². The van der Waals surface area contributed by atoms with E-state index >= 15 is 0 Å². The maximum absolute atomic E-state index is 5.51. The highest BCUT2D eigenvalue weighted by Gasteiger charge is 2.13. The smallest absolute Gasteiger partial charge is 0.0704 e. The maximum Gasteiger partial charge on any atom is 0.0704 e. The van der Waals surface area contributed by atoms with Crippen LogP contribution in [0.5, 0.6) is 0 Å². The number of hydrogen-bond acceptors (Lipinski definition) is 3. The van der Waals surface area contributed by atoms with Gasteiger partial charge in [-0.25, -0.2) is 0 Å². The molecule has 0 radical (unpaired) electrons. The first-order valence-electron chi connectivity index (χ1n) is 4.99. The Balaban J connectivity index is 2.86. The summed E-state index contributed by atoms with van der Waals surface area (Å²) < 4.78 is 6.46. The summed E-state index contributed by atoms with van der Waals surface area (Å²) >= 11 is 3.56. The fourth-order valence-electron chi connectivity index (χ4n) is 1.40. The highest BCUT2D eigenvalue weighted by Crippen LogP contribution is 2.26. The molecule has 1 aromatic carbocycles. The number of aryl methyl sites for hydroxylation is 1. The predicted molar refractivity (Wildman–Crippen MR) is 65.4 cm³/mol. The van der Waals surface area contributed by atoms with Gasteiger partial charge in [-0.15, -0.1) is 0 Å². The minimum absolute atomic E-state index is 0.0271. The van der Waals surface area contributed by atoms with Crippen LogP contribution in [0.1, 0.15) is 24.1 Å². The molecule has 0 fully saturated rings. The summed E-state index contributed by atoms with van der Waals surface area (Å²) in [6, 6.07) is 6.15. The van der Waals surface area contributed by atoms with Crippen LogP contribution in [0.25, 0.3) is 0 Å². The molecule has 1 unspecified atom stereocenters. The molecule has 0 aliphatic rings. The molecule has 4 heteroatoms. The average molecular weight is 273 g/mol. The number of rotatable bonds is 5. The summed E-state index contributed by atoms with van der Waals surface area (Å²) in [5.74, 6) is 5.51. The zero-order chi connectivity index (χ0) is 11.3. The molecule has 3 N–H and O–H groups in total. The highest BCUT2D eigenvalue weighted by atomic mass is 79.9. The first-order chi connectivity index (χ1) is 7.20. The second-order valence-electron chi connectivity index (χ2n) is 3.36. The maximum atomic E-state index is 5.51. The number of ether oxygens (including phenoxy) is 1. The van der Waals surface area contributed by atoms with E-state index in [1.165, 1.54) is 5.56 Å². The van der Waals surface area contributed by atoms with Gasteiger partial charge in [-0.1, -0.05) is 34.1 Å². The lowest BCUT2D eigenvalue weighted by atomic mass is 10.1. The lowest BCUT2D eigenvalue weighted by Gasteiger charge is -2.18. The Morgan fingerprint density at radius 3 is 2.87 bits per heavy atom. The molecule has 1 aromatic rings. The molecule has 3 nitrogen and oxygen atoms in total. The molecular formula is C11H17BrN2O. The summed E-state index contributed by atoms with van der Waals surface area (Å²) in [5, 5.41) is 0. The number of halogens is 1. The topological polar surface area (TPSA) is 47.3 Å². The quantitative estimate of drug-likeness (QED) is 0.639. The molecule has 1 atom stereocenters. The van der Waals surface area contributed by atoms with E-state index in [9.17, 15) is 0 Å². The molecule has 0 heterocycles. The van der Waals surface area contributed by atoms with Crippen molar-refractivity contribution in [3.8, 4) is 0 Å². The molecule has 0 saturated heterocycles. The van der Waals surface area contributed by atoms with Gasteiger partial charge < -0.3 is 4.74 Å². The van der Waals surface area contributed by atoms with Crippen molar-refractivity contribution in [3.05, 3.63) is 33.8 Å². The summed E-state index contributed by atoms with van der Waals surface area (Å²) in [7, 11) is 0. The van der Waals surface area contributed by atoms with Gasteiger partial charge in [-0.3, -0.25) is 11.3 Å². The van der Waals surface area contributed by atoms with Gasteiger partial charge in [0.25, 0.3) is 0 Å². The summed E-state index contributed by atoms with van der Waals surface area (Å²) in [4.78, 5) is 0. The van der Waals surface area contributed by atoms with Gasteiger partial charge in [-0.05, 0) is 25.0 Å². The van der Waals surface area contributed by atoms with Crippen LogP contribution >= 0.6 is 15.9 Å². The van der Waals surface area contributed by atoms with E-state index in [0.717, 1.165) is 10.0 Å². The molecule has 0 bridgehead atoms. The van der Waals surface area contributed by atoms with Gasteiger partial charge in [0.2, 0.25) is 0 Å². The molecule has 1 rings (SSSR count). The Morgan fingerprint density at radius 1 is 1.53 bits per heavy atom. The van der Waals surface area contributed by atoms with Crippen LogP contribution in [0.3, 0.4) is 0 Å². The lowest BCUT2D eigenvalue weighted by Crippen LogP contribution is -2.31. The second-order valence-corrected chi connectivity index (χ2v) is 4.15. The predicted octanol–water partition coefficient (Wildman–Crippen LogP) is 2.30. The van der Waals surface area contributed by atoms with Crippen molar-refractivity contribution in [2.45, 2.75) is 19.9 Å². The van der Waals surface area contributed by atoms with Crippen LogP contribution in [-0.4, -0.2) is 13.2 Å². The molecular weight excluding hydrogens is 256 g/mol. The molecule has 84 valence electrons. The third-order valence-electron chi connectivity index (χ3n) is 2.29. The van der Waals surface area contributed by atoms with Crippen LogP contribution < -0.4 is 11.3 Å². The van der Waals surface area contributed by atoms with Crippen LogP contribution in [0.2, 0.25) is 0 Å². The van der Waals surface area contributed by atoms with Gasteiger partial charge >= 0.3 is 0 Å². The van der Waals surface area contributed by atoms with Crippen molar-refractivity contribution >= 4 is 15.9 Å². The van der Waals surface area contributed by atoms with E-state index < -0.39 is 0 Å². The van der Waals surface area contributed by atoms with Gasteiger partial charge in [-0.2, -0.15) is 0 Å². The first kappa shape index (κ1) is 12.6. The monoisotopic (exact) mass is 272 g/mol. The zero-order valence-electron chi connectivity index (χ0n) is 9.09. The van der Waals surface area contributed by atoms with Crippen LogP contribution in [0, 0.1) is 6.92 Å². The van der Waals surface area contributed by atoms with E-state index in [0.29, 0.717) is 13.2 Å². The van der Waals surface area contributed by atoms with Crippen molar-refractivity contribution in [1.29, 1.82) is 0 Å². The summed E-state index contributed by atoms with van der Waals surface area (Å²) in [6.45, 7) is 5.30. The Hall–Kier alpha value is -0.420. The molecule has 0 spiro atoms. The van der Waals surface area contributed by atoms with Crippen LogP contribution in [0.15, 0.2) is 22.7 Å². The van der Waals surface area contributed by atoms with Gasteiger partial charge in [0.05, 0.1) is 12.6 Å². The number of benzene rings is 1. The fraction of sp³-hybridized carbons (Fsp3) is 0.455. The molecule has 0 saturated carbocycles. The molecule has 0 aliphatic heterocycles. The van der Waals surface area contributed by atoms with Crippen molar-refractivity contribution in [1.82, 2.24) is 5.43 Å². The van der Waals surface area contributed by atoms with Gasteiger partial charge in [0.15, 0.2) is 0 Å². The number of nitrogens with two attached hydrogens (primary N) is 1. The third-order valence-corrected chi connectivity index (χ3v) is 3.37. The number of nitrogens with one attached hydrogen (secondary N) is 1. The Morgan fingerprint density at radius 2 is 2.27 bits per heavy atom. The number of hydrazine groups is 1. The van der Waals surface area contributed by atoms with E-state index in [1.54, 1.807) is 0 Å². The Bertz CT molecular complexity index is 317. The average Bonchev–Trinajstić information content (AvgIpc) is 2.25. The van der Waals surface area contributed by atoms with Crippen molar-refractivity contribution in [2.24, 2.45) is 5.84 Å². The van der Waals surface area contributed by atoms with Crippen LogP contribution in [-0.2, 0) is 4.74 Å². The van der Waals surface area contributed by atoms with Crippen molar-refractivity contribution < 1.29 is 4.74 Å². The third kappa shape index (κ3) is 3.28. The zero-order valence-corrected chi connectivity index (χ0v) is 10.7. The molecule has 0 aromatic heterocycles. The van der Waals surface area contributed by atoms with E-state index in [1.807, 2.05) is 19.1 Å². The molecule has 0 amide bonds.